The first kappa shape index (κ1) is 15.0. The van der Waals surface area contributed by atoms with E-state index in [1.54, 1.807) is 0 Å². The minimum absolute atomic E-state index is 0.540. The summed E-state index contributed by atoms with van der Waals surface area (Å²) in [6.07, 6.45) is 0. The number of aliphatic imine (C=N–C) groups is 1. The molecule has 0 amide bonds. The van der Waals surface area contributed by atoms with Crippen molar-refractivity contribution in [3.05, 3.63) is 0 Å². The fourth-order valence-corrected chi connectivity index (χ4v) is 1.46. The molecule has 13 heavy (non-hydrogen) atoms. The van der Waals surface area contributed by atoms with E-state index in [9.17, 15) is 0 Å². The molecular formula is C11H26N2. The topological polar surface area (TPSA) is 15.6 Å². The van der Waals surface area contributed by atoms with Crippen molar-refractivity contribution < 1.29 is 0 Å². The first-order valence-electron chi connectivity index (χ1n) is 5.22. The standard InChI is InChI=1S/C9H20N2.C2H6/c1-7(2)11(8(3)4)9(5)10-6;1-2/h7-8H,1-6H3;1-2H3. The molecule has 0 aromatic rings. The van der Waals surface area contributed by atoms with Gasteiger partial charge in [-0.05, 0) is 34.6 Å². The molecule has 0 radical (unpaired) electrons. The molecule has 0 fully saturated rings. The molecular weight excluding hydrogens is 160 g/mol. The van der Waals surface area contributed by atoms with Gasteiger partial charge in [0.1, 0.15) is 0 Å². The first-order valence-corrected chi connectivity index (χ1v) is 5.22. The molecule has 0 bridgehead atoms. The Morgan fingerprint density at radius 2 is 1.31 bits per heavy atom. The van der Waals surface area contributed by atoms with Gasteiger partial charge in [-0.1, -0.05) is 13.8 Å². The van der Waals surface area contributed by atoms with E-state index in [1.165, 1.54) is 0 Å². The van der Waals surface area contributed by atoms with Crippen molar-refractivity contribution in [1.29, 1.82) is 0 Å². The number of hydrogen-bond donors (Lipinski definition) is 0. The van der Waals surface area contributed by atoms with Crippen LogP contribution in [0.15, 0.2) is 4.99 Å². The predicted octanol–water partition coefficient (Wildman–Crippen LogP) is 3.18. The molecule has 80 valence electrons. The van der Waals surface area contributed by atoms with Crippen LogP contribution in [-0.2, 0) is 0 Å². The van der Waals surface area contributed by atoms with Gasteiger partial charge in [0, 0.05) is 19.1 Å². The van der Waals surface area contributed by atoms with E-state index in [1.807, 2.05) is 20.9 Å². The smallest absolute Gasteiger partial charge is 0.0958 e. The summed E-state index contributed by atoms with van der Waals surface area (Å²) in [6, 6.07) is 1.08. The first-order chi connectivity index (χ1) is 6.00. The molecule has 0 atom stereocenters. The lowest BCUT2D eigenvalue weighted by Crippen LogP contribution is -2.40. The number of nitrogens with zero attached hydrogens (tertiary/aromatic N) is 2. The fraction of sp³-hybridized carbons (Fsp3) is 0.909. The molecule has 0 rings (SSSR count). The van der Waals surface area contributed by atoms with Gasteiger partial charge in [0.15, 0.2) is 0 Å². The van der Waals surface area contributed by atoms with Crippen LogP contribution in [0.5, 0.6) is 0 Å². The Bertz CT molecular complexity index is 129. The molecule has 2 nitrogen and oxygen atoms in total. The summed E-state index contributed by atoms with van der Waals surface area (Å²) in [4.78, 5) is 6.48. The van der Waals surface area contributed by atoms with E-state index in [4.69, 9.17) is 0 Å². The molecule has 0 aliphatic heterocycles. The van der Waals surface area contributed by atoms with Gasteiger partial charge in [-0.3, -0.25) is 4.99 Å². The van der Waals surface area contributed by atoms with Crippen LogP contribution in [0.2, 0.25) is 0 Å². The van der Waals surface area contributed by atoms with E-state index >= 15 is 0 Å². The second-order valence-corrected chi connectivity index (χ2v) is 3.37. The van der Waals surface area contributed by atoms with Crippen molar-refractivity contribution in [3.8, 4) is 0 Å². The highest BCUT2D eigenvalue weighted by molar-refractivity contribution is 5.80. The molecule has 0 saturated heterocycles. The quantitative estimate of drug-likeness (QED) is 0.478. The molecule has 0 spiro atoms. The Kier molecular flexibility index (Phi) is 9.31. The largest absolute Gasteiger partial charge is 0.356 e. The Hall–Kier alpha value is -0.530. The third kappa shape index (κ3) is 5.67. The van der Waals surface area contributed by atoms with Gasteiger partial charge < -0.3 is 4.90 Å². The number of rotatable bonds is 2. The SMILES string of the molecule is CC.CN=C(C)N(C(C)C)C(C)C. The van der Waals surface area contributed by atoms with Crippen LogP contribution in [0.4, 0.5) is 0 Å². The van der Waals surface area contributed by atoms with E-state index < -0.39 is 0 Å². The maximum absolute atomic E-state index is 4.17. The van der Waals surface area contributed by atoms with Crippen LogP contribution >= 0.6 is 0 Å². The van der Waals surface area contributed by atoms with Crippen molar-refractivity contribution in [2.75, 3.05) is 7.05 Å². The van der Waals surface area contributed by atoms with E-state index in [2.05, 4.69) is 44.5 Å². The van der Waals surface area contributed by atoms with E-state index in [0.717, 1.165) is 5.84 Å². The second kappa shape index (κ2) is 8.09. The van der Waals surface area contributed by atoms with Crippen molar-refractivity contribution in [2.24, 2.45) is 4.99 Å². The molecule has 0 unspecified atom stereocenters. The monoisotopic (exact) mass is 186 g/mol. The minimum atomic E-state index is 0.540. The Balaban J connectivity index is 0. The van der Waals surface area contributed by atoms with E-state index in [0.29, 0.717) is 12.1 Å². The van der Waals surface area contributed by atoms with Crippen molar-refractivity contribution in [1.82, 2.24) is 4.90 Å². The van der Waals surface area contributed by atoms with Gasteiger partial charge in [0.2, 0.25) is 0 Å². The average molecular weight is 186 g/mol. The van der Waals surface area contributed by atoms with Gasteiger partial charge in [0.05, 0.1) is 5.84 Å². The van der Waals surface area contributed by atoms with Gasteiger partial charge in [-0.15, -0.1) is 0 Å². The highest BCUT2D eigenvalue weighted by atomic mass is 15.2. The minimum Gasteiger partial charge on any atom is -0.356 e. The van der Waals surface area contributed by atoms with Gasteiger partial charge >= 0.3 is 0 Å². The van der Waals surface area contributed by atoms with Gasteiger partial charge in [-0.25, -0.2) is 0 Å². The predicted molar refractivity (Wildman–Crippen MR) is 62.5 cm³/mol. The zero-order chi connectivity index (χ0) is 11.0. The summed E-state index contributed by atoms with van der Waals surface area (Å²) in [7, 11) is 1.84. The second-order valence-electron chi connectivity index (χ2n) is 3.37. The summed E-state index contributed by atoms with van der Waals surface area (Å²) in [6.45, 7) is 14.8. The van der Waals surface area contributed by atoms with Crippen molar-refractivity contribution >= 4 is 5.84 Å². The zero-order valence-corrected chi connectivity index (χ0v) is 10.5. The van der Waals surface area contributed by atoms with Gasteiger partial charge in [0.25, 0.3) is 0 Å². The molecule has 0 saturated carbocycles. The Morgan fingerprint density at radius 3 is 1.38 bits per heavy atom. The Morgan fingerprint density at radius 1 is 1.00 bits per heavy atom. The molecule has 0 heterocycles. The Labute approximate surface area is 84.0 Å². The summed E-state index contributed by atoms with van der Waals surface area (Å²) in [5.74, 6) is 1.12. The molecule has 0 aromatic heterocycles. The molecule has 0 aliphatic carbocycles. The fourth-order valence-electron chi connectivity index (χ4n) is 1.46. The molecule has 2 heteroatoms. The molecule has 0 aromatic carbocycles. The zero-order valence-electron chi connectivity index (χ0n) is 10.5. The van der Waals surface area contributed by atoms with Crippen LogP contribution in [-0.4, -0.2) is 29.9 Å². The van der Waals surface area contributed by atoms with Crippen molar-refractivity contribution in [2.45, 2.75) is 60.5 Å². The highest BCUT2D eigenvalue weighted by Gasteiger charge is 2.13. The average Bonchev–Trinajstić information content (AvgIpc) is 2.06. The third-order valence-electron chi connectivity index (χ3n) is 1.81. The van der Waals surface area contributed by atoms with Crippen LogP contribution in [0.25, 0.3) is 0 Å². The van der Waals surface area contributed by atoms with Crippen molar-refractivity contribution in [3.63, 3.8) is 0 Å². The number of amidine groups is 1. The van der Waals surface area contributed by atoms with Gasteiger partial charge in [-0.2, -0.15) is 0 Å². The van der Waals surface area contributed by atoms with Crippen LogP contribution in [0, 0.1) is 0 Å². The maximum atomic E-state index is 4.17. The summed E-state index contributed by atoms with van der Waals surface area (Å²) in [5, 5.41) is 0. The molecule has 0 N–H and O–H groups in total. The maximum Gasteiger partial charge on any atom is 0.0958 e. The highest BCUT2D eigenvalue weighted by Crippen LogP contribution is 2.05. The lowest BCUT2D eigenvalue weighted by Gasteiger charge is -2.32. The lowest BCUT2D eigenvalue weighted by molar-refractivity contribution is 0.290. The van der Waals surface area contributed by atoms with Crippen LogP contribution in [0.3, 0.4) is 0 Å². The summed E-state index contributed by atoms with van der Waals surface area (Å²) >= 11 is 0. The van der Waals surface area contributed by atoms with Crippen LogP contribution in [0.1, 0.15) is 48.5 Å². The number of hydrogen-bond acceptors (Lipinski definition) is 1. The normalized spacial score (nSPS) is 11.4. The summed E-state index contributed by atoms with van der Waals surface area (Å²) < 4.78 is 0. The lowest BCUT2D eigenvalue weighted by atomic mass is 10.2. The third-order valence-corrected chi connectivity index (χ3v) is 1.81. The van der Waals surface area contributed by atoms with E-state index in [-0.39, 0.29) is 0 Å². The van der Waals surface area contributed by atoms with Crippen LogP contribution < -0.4 is 0 Å². The molecule has 0 aliphatic rings. The summed E-state index contributed by atoms with van der Waals surface area (Å²) in [5.41, 5.74) is 0.